The van der Waals surface area contributed by atoms with Crippen LogP contribution < -0.4 is 4.74 Å². The molecule has 0 aliphatic heterocycles. The molecule has 0 radical (unpaired) electrons. The number of esters is 1. The van der Waals surface area contributed by atoms with Gasteiger partial charge < -0.3 is 9.47 Å². The lowest BCUT2D eigenvalue weighted by Crippen LogP contribution is -2.13. The van der Waals surface area contributed by atoms with Gasteiger partial charge in [0.2, 0.25) is 0 Å². The summed E-state index contributed by atoms with van der Waals surface area (Å²) in [6.07, 6.45) is 14.4. The van der Waals surface area contributed by atoms with E-state index in [-0.39, 0.29) is 5.97 Å². The van der Waals surface area contributed by atoms with E-state index in [0.717, 1.165) is 36.8 Å². The Morgan fingerprint density at radius 2 is 1.48 bits per heavy atom. The van der Waals surface area contributed by atoms with Crippen LogP contribution >= 0.6 is 0 Å². The van der Waals surface area contributed by atoms with Crippen molar-refractivity contribution in [2.24, 2.45) is 5.92 Å². The van der Waals surface area contributed by atoms with Crippen LogP contribution in [0, 0.1) is 5.92 Å². The van der Waals surface area contributed by atoms with Gasteiger partial charge in [-0.05, 0) is 85.6 Å². The zero-order chi connectivity index (χ0) is 23.3. The van der Waals surface area contributed by atoms with E-state index in [1.54, 1.807) is 0 Å². The van der Waals surface area contributed by atoms with Crippen molar-refractivity contribution in [2.75, 3.05) is 13.7 Å². The van der Waals surface area contributed by atoms with Gasteiger partial charge in [0.25, 0.3) is 0 Å². The van der Waals surface area contributed by atoms with Crippen LogP contribution in [0.2, 0.25) is 0 Å². The molecule has 0 spiro atoms. The molecule has 0 atom stereocenters. The van der Waals surface area contributed by atoms with Crippen molar-refractivity contribution in [3.05, 3.63) is 54.1 Å². The summed E-state index contributed by atoms with van der Waals surface area (Å²) in [7, 11) is 1.43. The monoisotopic (exact) mass is 450 g/mol. The number of hydrogen-bond donors (Lipinski definition) is 0. The van der Waals surface area contributed by atoms with Crippen LogP contribution in [0.5, 0.6) is 5.75 Å². The molecule has 33 heavy (non-hydrogen) atoms. The number of methoxy groups -OCH3 is 1. The Morgan fingerprint density at radius 1 is 0.818 bits per heavy atom. The molecule has 1 aliphatic rings. The van der Waals surface area contributed by atoms with Crippen LogP contribution in [0.15, 0.2) is 48.5 Å². The third-order valence-corrected chi connectivity index (χ3v) is 7.15. The van der Waals surface area contributed by atoms with Gasteiger partial charge >= 0.3 is 5.97 Å². The van der Waals surface area contributed by atoms with Crippen LogP contribution in [0.1, 0.15) is 95.5 Å². The number of carbonyl (C=O) groups is 1. The predicted molar refractivity (Wildman–Crippen MR) is 137 cm³/mol. The number of hydrogen-bond acceptors (Lipinski definition) is 3. The Labute approximate surface area is 200 Å². The minimum Gasteiger partial charge on any atom is -0.494 e. The number of carbonyl (C=O) groups excluding carboxylic acids is 1. The Hall–Kier alpha value is -2.29. The summed E-state index contributed by atoms with van der Waals surface area (Å²) in [5, 5.41) is 0. The van der Waals surface area contributed by atoms with Crippen LogP contribution in [0.3, 0.4) is 0 Å². The average Bonchev–Trinajstić information content (AvgIpc) is 2.87. The second-order valence-corrected chi connectivity index (χ2v) is 9.60. The molecule has 0 saturated heterocycles. The van der Waals surface area contributed by atoms with Gasteiger partial charge in [0.1, 0.15) is 5.75 Å². The van der Waals surface area contributed by atoms with Gasteiger partial charge in [0, 0.05) is 6.42 Å². The number of ether oxygens (including phenoxy) is 2. The molecule has 1 saturated carbocycles. The topological polar surface area (TPSA) is 35.5 Å². The molecule has 2 aromatic carbocycles. The number of rotatable bonds is 13. The lowest BCUT2D eigenvalue weighted by atomic mass is 9.77. The molecule has 0 N–H and O–H groups in total. The zero-order valence-electron chi connectivity index (χ0n) is 20.7. The summed E-state index contributed by atoms with van der Waals surface area (Å²) in [4.78, 5) is 11.1. The SMILES string of the molecule is CCCCCC1CCC(c2ccc(-c3ccc(OCCCCCC(=O)OC)cc3)cc2)CC1. The van der Waals surface area contributed by atoms with Gasteiger partial charge in [0.05, 0.1) is 13.7 Å². The lowest BCUT2D eigenvalue weighted by molar-refractivity contribution is -0.140. The van der Waals surface area contributed by atoms with Gasteiger partial charge in [-0.25, -0.2) is 0 Å². The Morgan fingerprint density at radius 3 is 2.12 bits per heavy atom. The molecule has 0 bridgehead atoms. The van der Waals surface area contributed by atoms with E-state index >= 15 is 0 Å². The first-order valence-corrected chi connectivity index (χ1v) is 13.1. The standard InChI is InChI=1S/C30H42O3/c1-3-4-6-9-24-11-13-25(14-12-24)26-15-17-27(18-16-26)28-19-21-29(22-20-28)33-23-8-5-7-10-30(31)32-2/h15-22,24-25H,3-14,23H2,1-2H3. The fourth-order valence-electron chi connectivity index (χ4n) is 5.00. The third kappa shape index (κ3) is 8.53. The normalized spacial score (nSPS) is 18.1. The van der Waals surface area contributed by atoms with E-state index in [1.165, 1.54) is 75.2 Å². The summed E-state index contributed by atoms with van der Waals surface area (Å²) < 4.78 is 10.5. The first-order chi connectivity index (χ1) is 16.2. The summed E-state index contributed by atoms with van der Waals surface area (Å²) in [6.45, 7) is 2.97. The Kier molecular flexibility index (Phi) is 10.8. The zero-order valence-corrected chi connectivity index (χ0v) is 20.7. The van der Waals surface area contributed by atoms with E-state index in [4.69, 9.17) is 4.74 Å². The highest BCUT2D eigenvalue weighted by Gasteiger charge is 2.22. The predicted octanol–water partition coefficient (Wildman–Crippen LogP) is 8.32. The van der Waals surface area contributed by atoms with E-state index in [9.17, 15) is 4.79 Å². The van der Waals surface area contributed by atoms with Crippen LogP contribution in [0.4, 0.5) is 0 Å². The first-order valence-electron chi connectivity index (χ1n) is 13.1. The third-order valence-electron chi connectivity index (χ3n) is 7.15. The van der Waals surface area contributed by atoms with Gasteiger partial charge in [-0.2, -0.15) is 0 Å². The highest BCUT2D eigenvalue weighted by molar-refractivity contribution is 5.69. The van der Waals surface area contributed by atoms with Gasteiger partial charge in [-0.3, -0.25) is 4.79 Å². The Balaban J connectivity index is 1.40. The molecule has 1 fully saturated rings. The highest BCUT2D eigenvalue weighted by atomic mass is 16.5. The Bertz CT molecular complexity index is 801. The molecule has 0 amide bonds. The molecule has 3 nitrogen and oxygen atoms in total. The second kappa shape index (κ2) is 14.1. The number of unbranched alkanes of at least 4 members (excludes halogenated alkanes) is 4. The molecular weight excluding hydrogens is 408 g/mol. The van der Waals surface area contributed by atoms with Crippen molar-refractivity contribution >= 4 is 5.97 Å². The minimum absolute atomic E-state index is 0.135. The fourth-order valence-corrected chi connectivity index (χ4v) is 5.00. The van der Waals surface area contributed by atoms with Crippen molar-refractivity contribution in [3.8, 4) is 16.9 Å². The molecule has 180 valence electrons. The second-order valence-electron chi connectivity index (χ2n) is 9.60. The highest BCUT2D eigenvalue weighted by Crippen LogP contribution is 2.38. The molecule has 0 unspecified atom stereocenters. The lowest BCUT2D eigenvalue weighted by Gasteiger charge is -2.29. The minimum atomic E-state index is -0.135. The van der Waals surface area contributed by atoms with Crippen LogP contribution in [-0.2, 0) is 9.53 Å². The van der Waals surface area contributed by atoms with Crippen LogP contribution in [0.25, 0.3) is 11.1 Å². The van der Waals surface area contributed by atoms with Gasteiger partial charge in [0.15, 0.2) is 0 Å². The van der Waals surface area contributed by atoms with Gasteiger partial charge in [-0.15, -0.1) is 0 Å². The van der Waals surface area contributed by atoms with Crippen molar-refractivity contribution in [2.45, 2.75) is 89.9 Å². The number of benzene rings is 2. The van der Waals surface area contributed by atoms with E-state index in [1.807, 2.05) is 0 Å². The van der Waals surface area contributed by atoms with Gasteiger partial charge in [-0.1, -0.05) is 69.0 Å². The maximum Gasteiger partial charge on any atom is 0.305 e. The van der Waals surface area contributed by atoms with E-state index in [0.29, 0.717) is 13.0 Å². The quantitative estimate of drug-likeness (QED) is 0.227. The maximum atomic E-state index is 11.1. The van der Waals surface area contributed by atoms with Crippen LogP contribution in [-0.4, -0.2) is 19.7 Å². The summed E-state index contributed by atoms with van der Waals surface area (Å²) in [5.74, 6) is 2.47. The van der Waals surface area contributed by atoms with E-state index in [2.05, 4.69) is 60.2 Å². The fraction of sp³-hybridized carbons (Fsp3) is 0.567. The average molecular weight is 451 g/mol. The van der Waals surface area contributed by atoms with E-state index < -0.39 is 0 Å². The summed E-state index contributed by atoms with van der Waals surface area (Å²) >= 11 is 0. The van der Waals surface area contributed by atoms with Crippen molar-refractivity contribution in [1.29, 1.82) is 0 Å². The molecule has 3 heteroatoms. The summed E-state index contributed by atoms with van der Waals surface area (Å²) in [5.41, 5.74) is 4.01. The largest absolute Gasteiger partial charge is 0.494 e. The molecule has 2 aromatic rings. The van der Waals surface area contributed by atoms with Crippen molar-refractivity contribution < 1.29 is 14.3 Å². The molecule has 3 rings (SSSR count). The molecule has 0 heterocycles. The maximum absolute atomic E-state index is 11.1. The van der Waals surface area contributed by atoms with Crippen molar-refractivity contribution in [3.63, 3.8) is 0 Å². The van der Waals surface area contributed by atoms with Crippen molar-refractivity contribution in [1.82, 2.24) is 0 Å². The molecule has 1 aliphatic carbocycles. The molecule has 0 aromatic heterocycles. The smallest absolute Gasteiger partial charge is 0.305 e. The molecular formula is C30H42O3. The summed E-state index contributed by atoms with van der Waals surface area (Å²) in [6, 6.07) is 17.6. The first kappa shape index (κ1) is 25.3.